The molecule has 0 atom stereocenters. The standard InChI is InChI=1S/C12H15Cl2NO4/c1-17-2-3-18-4-5-19-12(16)8-6-9(13)11(15)10(14)7-8/h6-7H,2-5,15H2,1H3. The summed E-state index contributed by atoms with van der Waals surface area (Å²) in [6.45, 7) is 1.39. The molecule has 1 aromatic carbocycles. The number of hydrogen-bond donors (Lipinski definition) is 1. The predicted molar refractivity (Wildman–Crippen MR) is 73.9 cm³/mol. The lowest BCUT2D eigenvalue weighted by molar-refractivity contribution is 0.0214. The summed E-state index contributed by atoms with van der Waals surface area (Å²) in [6, 6.07) is 2.83. The van der Waals surface area contributed by atoms with Crippen molar-refractivity contribution in [2.24, 2.45) is 0 Å². The second kappa shape index (κ2) is 8.22. The first-order valence-electron chi connectivity index (χ1n) is 5.54. The second-order valence-corrected chi connectivity index (χ2v) is 4.41. The lowest BCUT2D eigenvalue weighted by Crippen LogP contribution is -2.12. The maximum Gasteiger partial charge on any atom is 0.338 e. The van der Waals surface area contributed by atoms with Gasteiger partial charge in [0.15, 0.2) is 0 Å². The van der Waals surface area contributed by atoms with E-state index in [4.69, 9.17) is 43.1 Å². The van der Waals surface area contributed by atoms with Gasteiger partial charge in [-0.3, -0.25) is 0 Å². The van der Waals surface area contributed by atoms with Gasteiger partial charge in [-0.2, -0.15) is 0 Å². The van der Waals surface area contributed by atoms with Gasteiger partial charge in [-0.25, -0.2) is 4.79 Å². The number of rotatable bonds is 7. The lowest BCUT2D eigenvalue weighted by Gasteiger charge is -2.08. The van der Waals surface area contributed by atoms with Crippen LogP contribution in [0, 0.1) is 0 Å². The maximum absolute atomic E-state index is 11.7. The third kappa shape index (κ3) is 5.24. The number of methoxy groups -OCH3 is 1. The molecular weight excluding hydrogens is 293 g/mol. The molecule has 0 heterocycles. The number of carbonyl (C=O) groups is 1. The van der Waals surface area contributed by atoms with E-state index < -0.39 is 5.97 Å². The van der Waals surface area contributed by atoms with Gasteiger partial charge < -0.3 is 19.9 Å². The topological polar surface area (TPSA) is 70.8 Å². The monoisotopic (exact) mass is 307 g/mol. The van der Waals surface area contributed by atoms with E-state index in [-0.39, 0.29) is 27.9 Å². The number of ether oxygens (including phenoxy) is 3. The average molecular weight is 308 g/mol. The van der Waals surface area contributed by atoms with Gasteiger partial charge >= 0.3 is 5.97 Å². The molecule has 0 saturated carbocycles. The Balaban J connectivity index is 2.42. The van der Waals surface area contributed by atoms with Crippen LogP contribution in [0.25, 0.3) is 0 Å². The van der Waals surface area contributed by atoms with Crippen LogP contribution >= 0.6 is 23.2 Å². The molecule has 0 radical (unpaired) electrons. The highest BCUT2D eigenvalue weighted by molar-refractivity contribution is 6.39. The summed E-state index contributed by atoms with van der Waals surface area (Å²) in [5, 5.41) is 0.437. The molecule has 106 valence electrons. The summed E-state index contributed by atoms with van der Waals surface area (Å²) in [7, 11) is 1.58. The van der Waals surface area contributed by atoms with Gasteiger partial charge in [0, 0.05) is 7.11 Å². The second-order valence-electron chi connectivity index (χ2n) is 3.59. The van der Waals surface area contributed by atoms with Crippen molar-refractivity contribution in [2.75, 3.05) is 39.3 Å². The van der Waals surface area contributed by atoms with Crippen LogP contribution in [0.2, 0.25) is 10.0 Å². The van der Waals surface area contributed by atoms with Gasteiger partial charge in [0.25, 0.3) is 0 Å². The molecule has 19 heavy (non-hydrogen) atoms. The molecule has 0 amide bonds. The van der Waals surface area contributed by atoms with E-state index in [9.17, 15) is 4.79 Å². The van der Waals surface area contributed by atoms with Crippen LogP contribution in [0.4, 0.5) is 5.69 Å². The number of nitrogens with two attached hydrogens (primary N) is 1. The molecular formula is C12H15Cl2NO4. The molecule has 1 aromatic rings. The van der Waals surface area contributed by atoms with Gasteiger partial charge in [-0.1, -0.05) is 23.2 Å². The highest BCUT2D eigenvalue weighted by Gasteiger charge is 2.12. The van der Waals surface area contributed by atoms with Crippen molar-refractivity contribution in [1.29, 1.82) is 0 Å². The smallest absolute Gasteiger partial charge is 0.338 e. The SMILES string of the molecule is COCCOCCOC(=O)c1cc(Cl)c(N)c(Cl)c1. The van der Waals surface area contributed by atoms with Crippen molar-refractivity contribution in [3.63, 3.8) is 0 Å². The Morgan fingerprint density at radius 2 is 1.74 bits per heavy atom. The van der Waals surface area contributed by atoms with E-state index >= 15 is 0 Å². The van der Waals surface area contributed by atoms with Crippen molar-refractivity contribution >= 4 is 34.9 Å². The van der Waals surface area contributed by atoms with Crippen molar-refractivity contribution in [3.8, 4) is 0 Å². The first kappa shape index (κ1) is 16.0. The zero-order valence-corrected chi connectivity index (χ0v) is 12.0. The highest BCUT2D eigenvalue weighted by atomic mass is 35.5. The minimum Gasteiger partial charge on any atom is -0.460 e. The molecule has 0 aliphatic rings. The minimum absolute atomic E-state index is 0.141. The van der Waals surface area contributed by atoms with Gasteiger partial charge in [0.05, 0.1) is 41.1 Å². The molecule has 0 fully saturated rings. The van der Waals surface area contributed by atoms with Crippen LogP contribution in [0.1, 0.15) is 10.4 Å². The van der Waals surface area contributed by atoms with Gasteiger partial charge in [0.1, 0.15) is 6.61 Å². The van der Waals surface area contributed by atoms with Gasteiger partial charge in [0.2, 0.25) is 0 Å². The first-order chi connectivity index (χ1) is 9.06. The first-order valence-corrected chi connectivity index (χ1v) is 6.30. The number of nitrogen functional groups attached to an aromatic ring is 1. The molecule has 0 aliphatic carbocycles. The molecule has 1 rings (SSSR count). The zero-order chi connectivity index (χ0) is 14.3. The Morgan fingerprint density at radius 3 is 2.32 bits per heavy atom. The maximum atomic E-state index is 11.7. The molecule has 0 spiro atoms. The number of hydrogen-bond acceptors (Lipinski definition) is 5. The van der Waals surface area contributed by atoms with Crippen LogP contribution in [0.15, 0.2) is 12.1 Å². The van der Waals surface area contributed by atoms with Gasteiger partial charge in [-0.15, -0.1) is 0 Å². The summed E-state index contributed by atoms with van der Waals surface area (Å²) in [5.41, 5.74) is 6.06. The molecule has 0 unspecified atom stereocenters. The lowest BCUT2D eigenvalue weighted by atomic mass is 10.2. The molecule has 5 nitrogen and oxygen atoms in total. The quantitative estimate of drug-likeness (QED) is 0.476. The van der Waals surface area contributed by atoms with E-state index in [1.807, 2.05) is 0 Å². The largest absolute Gasteiger partial charge is 0.460 e. The molecule has 0 aromatic heterocycles. The van der Waals surface area contributed by atoms with E-state index in [1.165, 1.54) is 12.1 Å². The van der Waals surface area contributed by atoms with Crippen LogP contribution in [0.5, 0.6) is 0 Å². The third-order valence-electron chi connectivity index (χ3n) is 2.21. The summed E-state index contributed by atoms with van der Waals surface area (Å²) in [5.74, 6) is -0.529. The summed E-state index contributed by atoms with van der Waals surface area (Å²) >= 11 is 11.7. The Labute approximate surface area is 121 Å². The third-order valence-corrected chi connectivity index (χ3v) is 2.83. The minimum atomic E-state index is -0.529. The van der Waals surface area contributed by atoms with E-state index in [1.54, 1.807) is 7.11 Å². The van der Waals surface area contributed by atoms with E-state index in [2.05, 4.69) is 0 Å². The fourth-order valence-corrected chi connectivity index (χ4v) is 1.71. The molecule has 2 N–H and O–H groups in total. The number of anilines is 1. The number of carbonyl (C=O) groups excluding carboxylic acids is 1. The van der Waals surface area contributed by atoms with E-state index in [0.29, 0.717) is 19.8 Å². The van der Waals surface area contributed by atoms with Crippen LogP contribution in [-0.4, -0.2) is 39.5 Å². The van der Waals surface area contributed by atoms with Crippen LogP contribution in [-0.2, 0) is 14.2 Å². The fraction of sp³-hybridized carbons (Fsp3) is 0.417. The fourth-order valence-electron chi connectivity index (χ4n) is 1.22. The van der Waals surface area contributed by atoms with Crippen LogP contribution < -0.4 is 5.73 Å². The number of esters is 1. The summed E-state index contributed by atoms with van der Waals surface area (Å²) in [6.07, 6.45) is 0. The summed E-state index contributed by atoms with van der Waals surface area (Å²) in [4.78, 5) is 11.7. The molecule has 0 saturated heterocycles. The molecule has 0 aliphatic heterocycles. The Hall–Kier alpha value is -1.01. The summed E-state index contributed by atoms with van der Waals surface area (Å²) < 4.78 is 15.0. The van der Waals surface area contributed by atoms with Gasteiger partial charge in [-0.05, 0) is 12.1 Å². The Morgan fingerprint density at radius 1 is 1.16 bits per heavy atom. The highest BCUT2D eigenvalue weighted by Crippen LogP contribution is 2.29. The zero-order valence-electron chi connectivity index (χ0n) is 10.4. The van der Waals surface area contributed by atoms with Crippen molar-refractivity contribution < 1.29 is 19.0 Å². The van der Waals surface area contributed by atoms with Crippen LogP contribution in [0.3, 0.4) is 0 Å². The van der Waals surface area contributed by atoms with E-state index in [0.717, 1.165) is 0 Å². The van der Waals surface area contributed by atoms with Crippen molar-refractivity contribution in [2.45, 2.75) is 0 Å². The Bertz CT molecular complexity index is 417. The number of halogens is 2. The van der Waals surface area contributed by atoms with Crippen molar-refractivity contribution in [3.05, 3.63) is 27.7 Å². The average Bonchev–Trinajstić information content (AvgIpc) is 2.39. The Kier molecular flexibility index (Phi) is 6.94. The normalized spacial score (nSPS) is 10.5. The number of benzene rings is 1. The molecule has 7 heteroatoms. The van der Waals surface area contributed by atoms with Crippen molar-refractivity contribution in [1.82, 2.24) is 0 Å². The molecule has 0 bridgehead atoms. The predicted octanol–water partition coefficient (Wildman–Crippen LogP) is 2.40.